The lowest BCUT2D eigenvalue weighted by atomic mass is 10.0. The highest BCUT2D eigenvalue weighted by molar-refractivity contribution is 7.89. The fourth-order valence-electron chi connectivity index (χ4n) is 2.73. The lowest BCUT2D eigenvalue weighted by Crippen LogP contribution is -2.47. The van der Waals surface area contributed by atoms with Crippen molar-refractivity contribution < 1.29 is 13.2 Å². The number of hydrogen-bond acceptors (Lipinski definition) is 6. The molecule has 7 nitrogen and oxygen atoms in total. The molecule has 1 aromatic carbocycles. The van der Waals surface area contributed by atoms with Crippen LogP contribution in [0.4, 0.5) is 5.82 Å². The third-order valence-electron chi connectivity index (χ3n) is 4.26. The average Bonchev–Trinajstić information content (AvgIpc) is 3.00. The van der Waals surface area contributed by atoms with Crippen LogP contribution in [-0.4, -0.2) is 30.3 Å². The van der Waals surface area contributed by atoms with Gasteiger partial charge >= 0.3 is 0 Å². The number of thiazole rings is 1. The van der Waals surface area contributed by atoms with E-state index in [-0.39, 0.29) is 10.8 Å². The van der Waals surface area contributed by atoms with Crippen LogP contribution in [0, 0.1) is 19.8 Å². The predicted molar refractivity (Wildman–Crippen MR) is 111 cm³/mol. The van der Waals surface area contributed by atoms with Gasteiger partial charge in [0.1, 0.15) is 11.9 Å². The molecule has 2 heterocycles. The van der Waals surface area contributed by atoms with Crippen molar-refractivity contribution in [2.75, 3.05) is 5.32 Å². The molecular formula is C19H22N4O3S2. The van der Waals surface area contributed by atoms with E-state index < -0.39 is 22.0 Å². The molecule has 148 valence electrons. The monoisotopic (exact) mass is 418 g/mol. The number of aromatic nitrogens is 2. The number of anilines is 1. The molecule has 3 aromatic rings. The van der Waals surface area contributed by atoms with E-state index in [1.54, 1.807) is 38.2 Å². The molecule has 0 fully saturated rings. The Morgan fingerprint density at radius 1 is 1.18 bits per heavy atom. The quantitative estimate of drug-likeness (QED) is 0.640. The molecule has 0 bridgehead atoms. The third-order valence-corrected chi connectivity index (χ3v) is 6.63. The van der Waals surface area contributed by atoms with Crippen LogP contribution in [0.2, 0.25) is 0 Å². The number of aryl methyl sites for hydroxylation is 2. The lowest BCUT2D eigenvalue weighted by molar-refractivity contribution is -0.118. The van der Waals surface area contributed by atoms with Crippen molar-refractivity contribution in [1.82, 2.24) is 14.7 Å². The van der Waals surface area contributed by atoms with Gasteiger partial charge in [-0.05, 0) is 49.6 Å². The minimum atomic E-state index is -3.89. The fraction of sp³-hybridized carbons (Fsp3) is 0.316. The smallest absolute Gasteiger partial charge is 0.243 e. The normalized spacial score (nSPS) is 13.0. The summed E-state index contributed by atoms with van der Waals surface area (Å²) in [5, 5.41) is 3.58. The minimum Gasteiger partial charge on any atom is -0.309 e. The molecule has 1 atom stereocenters. The number of pyridine rings is 1. The van der Waals surface area contributed by atoms with Crippen molar-refractivity contribution in [2.24, 2.45) is 5.92 Å². The van der Waals surface area contributed by atoms with Gasteiger partial charge in [-0.25, -0.2) is 18.4 Å². The molecular weight excluding hydrogens is 396 g/mol. The molecule has 0 saturated carbocycles. The molecule has 0 saturated heterocycles. The first-order chi connectivity index (χ1) is 13.2. The Balaban J connectivity index is 1.85. The van der Waals surface area contributed by atoms with Gasteiger partial charge in [-0.15, -0.1) is 11.3 Å². The van der Waals surface area contributed by atoms with Gasteiger partial charge < -0.3 is 5.32 Å². The standard InChI is InChI=1S/C19H22N4O3S2/c1-11(2)17(19(24)22-18-12(3)6-5-9-20-18)23-28(25,26)14-7-8-15-16(10-14)27-13(4)21-15/h5-11,17,23H,1-4H3,(H,20,22,24). The Morgan fingerprint density at radius 3 is 2.61 bits per heavy atom. The summed E-state index contributed by atoms with van der Waals surface area (Å²) in [4.78, 5) is 21.3. The summed E-state index contributed by atoms with van der Waals surface area (Å²) in [6, 6.07) is 7.41. The van der Waals surface area contributed by atoms with E-state index in [2.05, 4.69) is 20.0 Å². The van der Waals surface area contributed by atoms with Crippen LogP contribution in [0.15, 0.2) is 41.4 Å². The fourth-order valence-corrected chi connectivity index (χ4v) is 5.04. The minimum absolute atomic E-state index is 0.108. The summed E-state index contributed by atoms with van der Waals surface area (Å²) in [5.74, 6) is -0.290. The van der Waals surface area contributed by atoms with Crippen molar-refractivity contribution in [3.8, 4) is 0 Å². The van der Waals surface area contributed by atoms with Gasteiger partial charge in [0.2, 0.25) is 15.9 Å². The number of rotatable bonds is 6. The Bertz CT molecular complexity index is 1120. The number of hydrogen-bond donors (Lipinski definition) is 2. The largest absolute Gasteiger partial charge is 0.309 e. The second-order valence-corrected chi connectivity index (χ2v) is 9.81. The lowest BCUT2D eigenvalue weighted by Gasteiger charge is -2.21. The number of benzene rings is 1. The zero-order chi connectivity index (χ0) is 20.5. The van der Waals surface area contributed by atoms with Crippen LogP contribution >= 0.6 is 11.3 Å². The summed E-state index contributed by atoms with van der Waals surface area (Å²) in [5.41, 5.74) is 1.55. The SMILES string of the molecule is Cc1nc2ccc(S(=O)(=O)NC(C(=O)Nc3ncccc3C)C(C)C)cc2s1. The summed E-state index contributed by atoms with van der Waals surface area (Å²) >= 11 is 1.43. The second kappa shape index (κ2) is 7.94. The molecule has 0 aliphatic rings. The molecule has 28 heavy (non-hydrogen) atoms. The summed E-state index contributed by atoms with van der Waals surface area (Å²) in [7, 11) is -3.89. The maximum absolute atomic E-state index is 12.9. The Labute approximate surface area is 168 Å². The topological polar surface area (TPSA) is 101 Å². The highest BCUT2D eigenvalue weighted by Gasteiger charge is 2.29. The van der Waals surface area contributed by atoms with Crippen LogP contribution < -0.4 is 10.0 Å². The van der Waals surface area contributed by atoms with E-state index >= 15 is 0 Å². The zero-order valence-electron chi connectivity index (χ0n) is 16.1. The zero-order valence-corrected chi connectivity index (χ0v) is 17.7. The summed E-state index contributed by atoms with van der Waals surface area (Å²) < 4.78 is 29.1. The molecule has 9 heteroatoms. The van der Waals surface area contributed by atoms with E-state index in [9.17, 15) is 13.2 Å². The molecule has 2 aromatic heterocycles. The Kier molecular flexibility index (Phi) is 5.78. The number of carbonyl (C=O) groups is 1. The van der Waals surface area contributed by atoms with Gasteiger partial charge in [0.05, 0.1) is 20.1 Å². The average molecular weight is 419 g/mol. The molecule has 1 unspecified atom stereocenters. The van der Waals surface area contributed by atoms with Crippen LogP contribution in [-0.2, 0) is 14.8 Å². The van der Waals surface area contributed by atoms with Gasteiger partial charge in [0, 0.05) is 6.20 Å². The summed E-state index contributed by atoms with van der Waals surface area (Å²) in [6.45, 7) is 7.26. The van der Waals surface area contributed by atoms with Crippen molar-refractivity contribution in [2.45, 2.75) is 38.6 Å². The van der Waals surface area contributed by atoms with Gasteiger partial charge in [-0.2, -0.15) is 4.72 Å². The van der Waals surface area contributed by atoms with E-state index in [4.69, 9.17) is 0 Å². The van der Waals surface area contributed by atoms with E-state index in [0.29, 0.717) is 5.82 Å². The number of nitrogens with zero attached hydrogens (tertiary/aromatic N) is 2. The van der Waals surface area contributed by atoms with Crippen LogP contribution in [0.5, 0.6) is 0 Å². The maximum Gasteiger partial charge on any atom is 0.243 e. The first-order valence-corrected chi connectivity index (χ1v) is 11.1. The van der Waals surface area contributed by atoms with Gasteiger partial charge in [-0.1, -0.05) is 19.9 Å². The maximum atomic E-state index is 12.9. The Morgan fingerprint density at radius 2 is 1.93 bits per heavy atom. The second-order valence-electron chi connectivity index (χ2n) is 6.86. The van der Waals surface area contributed by atoms with Crippen LogP contribution in [0.25, 0.3) is 10.2 Å². The van der Waals surface area contributed by atoms with Gasteiger partial charge in [0.25, 0.3) is 0 Å². The van der Waals surface area contributed by atoms with Crippen molar-refractivity contribution in [3.63, 3.8) is 0 Å². The third kappa shape index (κ3) is 4.37. The highest BCUT2D eigenvalue weighted by atomic mass is 32.2. The van der Waals surface area contributed by atoms with E-state index in [1.165, 1.54) is 17.4 Å². The molecule has 2 N–H and O–H groups in total. The molecule has 3 rings (SSSR count). The predicted octanol–water partition coefficient (Wildman–Crippen LogP) is 3.25. The summed E-state index contributed by atoms with van der Waals surface area (Å²) in [6.07, 6.45) is 1.57. The number of sulfonamides is 1. The van der Waals surface area contributed by atoms with Crippen molar-refractivity contribution in [3.05, 3.63) is 47.1 Å². The number of carbonyl (C=O) groups excluding carboxylic acids is 1. The molecule has 0 aliphatic carbocycles. The van der Waals surface area contributed by atoms with Crippen molar-refractivity contribution >= 4 is 43.3 Å². The highest BCUT2D eigenvalue weighted by Crippen LogP contribution is 2.25. The number of fused-ring (bicyclic) bond motifs is 1. The molecule has 1 amide bonds. The van der Waals surface area contributed by atoms with Crippen molar-refractivity contribution in [1.29, 1.82) is 0 Å². The van der Waals surface area contributed by atoms with Gasteiger partial charge in [-0.3, -0.25) is 4.79 Å². The van der Waals surface area contributed by atoms with Gasteiger partial charge in [0.15, 0.2) is 0 Å². The number of amides is 1. The van der Waals surface area contributed by atoms with Crippen LogP contribution in [0.1, 0.15) is 24.4 Å². The molecule has 0 aliphatic heterocycles. The first-order valence-electron chi connectivity index (χ1n) is 8.79. The number of nitrogens with one attached hydrogen (secondary N) is 2. The first kappa shape index (κ1) is 20.4. The van der Waals surface area contributed by atoms with E-state index in [0.717, 1.165) is 20.8 Å². The molecule has 0 radical (unpaired) electrons. The Hall–Kier alpha value is -2.36. The van der Waals surface area contributed by atoms with Crippen LogP contribution in [0.3, 0.4) is 0 Å². The van der Waals surface area contributed by atoms with E-state index in [1.807, 2.05) is 19.9 Å². The molecule has 0 spiro atoms.